The number of nitrogens with zero attached hydrogens (tertiary/aromatic N) is 4. The molecule has 28 heavy (non-hydrogen) atoms. The van der Waals surface area contributed by atoms with E-state index in [9.17, 15) is 22.8 Å². The monoisotopic (exact) mass is 398 g/mol. The molecular formula is C17H21F3N6O2. The topological polar surface area (TPSA) is 92.1 Å². The highest BCUT2D eigenvalue weighted by Gasteiger charge is 2.43. The maximum Gasteiger partial charge on any atom is 0.405 e. The van der Waals surface area contributed by atoms with E-state index in [0.717, 1.165) is 4.68 Å². The Kier molecular flexibility index (Phi) is 6.25. The van der Waals surface area contributed by atoms with E-state index in [2.05, 4.69) is 20.9 Å². The van der Waals surface area contributed by atoms with Gasteiger partial charge in [0.2, 0.25) is 5.91 Å². The minimum atomic E-state index is -4.44. The lowest BCUT2D eigenvalue weighted by Crippen LogP contribution is -2.57. The van der Waals surface area contributed by atoms with Gasteiger partial charge in [-0.15, -0.1) is 5.10 Å². The molecule has 2 N–H and O–H groups in total. The lowest BCUT2D eigenvalue weighted by atomic mass is 10.2. The van der Waals surface area contributed by atoms with Gasteiger partial charge >= 0.3 is 6.18 Å². The van der Waals surface area contributed by atoms with E-state index in [-0.39, 0.29) is 26.1 Å². The maximum absolute atomic E-state index is 13.3. The SMILES string of the molecule is O=C(CCn1nnc2ccccc2c1=O)NCC(N1CCNCC1)C(F)(F)F. The number of nitrogens with one attached hydrogen (secondary N) is 2. The minimum absolute atomic E-state index is 0.0627. The van der Waals surface area contributed by atoms with E-state index in [1.165, 1.54) is 4.90 Å². The predicted molar refractivity (Wildman–Crippen MR) is 95.7 cm³/mol. The van der Waals surface area contributed by atoms with Crippen molar-refractivity contribution >= 4 is 16.8 Å². The van der Waals surface area contributed by atoms with Gasteiger partial charge in [-0.3, -0.25) is 14.5 Å². The van der Waals surface area contributed by atoms with Gasteiger partial charge < -0.3 is 10.6 Å². The van der Waals surface area contributed by atoms with Gasteiger partial charge in [0.1, 0.15) is 11.6 Å². The van der Waals surface area contributed by atoms with Crippen LogP contribution < -0.4 is 16.2 Å². The fourth-order valence-corrected chi connectivity index (χ4v) is 3.12. The molecule has 1 fully saturated rings. The fourth-order valence-electron chi connectivity index (χ4n) is 3.12. The van der Waals surface area contributed by atoms with E-state index in [1.54, 1.807) is 24.3 Å². The van der Waals surface area contributed by atoms with Gasteiger partial charge in [0.05, 0.1) is 11.9 Å². The number of benzene rings is 1. The molecule has 2 heterocycles. The molecule has 1 unspecified atom stereocenters. The summed E-state index contributed by atoms with van der Waals surface area (Å²) >= 11 is 0. The van der Waals surface area contributed by atoms with Crippen molar-refractivity contribution in [1.29, 1.82) is 0 Å². The first-order chi connectivity index (χ1) is 13.4. The van der Waals surface area contributed by atoms with Crippen LogP contribution in [0.2, 0.25) is 0 Å². The van der Waals surface area contributed by atoms with Crippen LogP contribution in [-0.2, 0) is 11.3 Å². The number of hydrogen-bond acceptors (Lipinski definition) is 6. The standard InChI is InChI=1S/C17H21F3N6O2/c18-17(19,20)14(25-9-6-21-7-10-25)11-22-15(27)5-8-26-16(28)12-3-1-2-4-13(12)23-24-26/h1-4,14,21H,5-11H2,(H,22,27). The quantitative estimate of drug-likeness (QED) is 0.719. The van der Waals surface area contributed by atoms with Crippen molar-refractivity contribution in [2.75, 3.05) is 32.7 Å². The smallest absolute Gasteiger partial charge is 0.354 e. The van der Waals surface area contributed by atoms with E-state index in [0.29, 0.717) is 24.0 Å². The molecule has 1 aromatic carbocycles. The molecule has 0 aliphatic carbocycles. The largest absolute Gasteiger partial charge is 0.405 e. The summed E-state index contributed by atoms with van der Waals surface area (Å²) in [4.78, 5) is 25.7. The van der Waals surface area contributed by atoms with Gasteiger partial charge in [0, 0.05) is 39.1 Å². The Balaban J connectivity index is 1.57. The Labute approximate surface area is 158 Å². The predicted octanol–water partition coefficient (Wildman–Crippen LogP) is 0.134. The van der Waals surface area contributed by atoms with Crippen molar-refractivity contribution in [2.45, 2.75) is 25.2 Å². The summed E-state index contributed by atoms with van der Waals surface area (Å²) in [6.07, 6.45) is -4.61. The highest BCUT2D eigenvalue weighted by atomic mass is 19.4. The molecule has 11 heteroatoms. The number of halogens is 3. The summed E-state index contributed by atoms with van der Waals surface area (Å²) < 4.78 is 41.0. The number of rotatable bonds is 6. The van der Waals surface area contributed by atoms with Crippen LogP contribution in [0, 0.1) is 0 Å². The Morgan fingerprint density at radius 3 is 2.68 bits per heavy atom. The molecule has 0 spiro atoms. The third-order valence-corrected chi connectivity index (χ3v) is 4.64. The number of fused-ring (bicyclic) bond motifs is 1. The summed E-state index contributed by atoms with van der Waals surface area (Å²) in [6.45, 7) is 0.895. The normalized spacial score (nSPS) is 16.8. The number of aryl methyl sites for hydroxylation is 1. The molecule has 0 radical (unpaired) electrons. The van der Waals surface area contributed by atoms with Crippen LogP contribution in [0.1, 0.15) is 6.42 Å². The van der Waals surface area contributed by atoms with Crippen molar-refractivity contribution in [2.24, 2.45) is 0 Å². The maximum atomic E-state index is 13.3. The number of piperazine rings is 1. The molecule has 0 bridgehead atoms. The second kappa shape index (κ2) is 8.65. The third kappa shape index (κ3) is 4.84. The Hall–Kier alpha value is -2.53. The minimum Gasteiger partial charge on any atom is -0.354 e. The first-order valence-electron chi connectivity index (χ1n) is 8.97. The molecule has 3 rings (SSSR count). The summed E-state index contributed by atoms with van der Waals surface area (Å²) in [5.41, 5.74) is 0.0460. The number of hydrogen-bond donors (Lipinski definition) is 2. The average molecular weight is 398 g/mol. The van der Waals surface area contributed by atoms with Crippen LogP contribution in [-0.4, -0.2) is 70.7 Å². The highest BCUT2D eigenvalue weighted by molar-refractivity contribution is 5.77. The van der Waals surface area contributed by atoms with Crippen LogP contribution >= 0.6 is 0 Å². The molecule has 1 aliphatic rings. The number of carbonyl (C=O) groups excluding carboxylic acids is 1. The highest BCUT2D eigenvalue weighted by Crippen LogP contribution is 2.24. The van der Waals surface area contributed by atoms with Crippen LogP contribution in [0.5, 0.6) is 0 Å². The molecule has 1 aliphatic heterocycles. The molecule has 0 saturated carbocycles. The Bertz CT molecular complexity index is 879. The molecule has 8 nitrogen and oxygen atoms in total. The number of aromatic nitrogens is 3. The van der Waals surface area contributed by atoms with E-state index in [4.69, 9.17) is 0 Å². The number of amides is 1. The fraction of sp³-hybridized carbons (Fsp3) is 0.529. The average Bonchev–Trinajstić information content (AvgIpc) is 2.67. The van der Waals surface area contributed by atoms with Gasteiger partial charge in [-0.2, -0.15) is 13.2 Å². The third-order valence-electron chi connectivity index (χ3n) is 4.64. The van der Waals surface area contributed by atoms with Gasteiger partial charge in [-0.05, 0) is 12.1 Å². The summed E-state index contributed by atoms with van der Waals surface area (Å²) in [7, 11) is 0. The van der Waals surface area contributed by atoms with Crippen molar-refractivity contribution in [3.63, 3.8) is 0 Å². The number of alkyl halides is 3. The van der Waals surface area contributed by atoms with E-state index < -0.39 is 30.2 Å². The van der Waals surface area contributed by atoms with Gasteiger partial charge in [-0.25, -0.2) is 4.68 Å². The Morgan fingerprint density at radius 2 is 1.96 bits per heavy atom. The second-order valence-corrected chi connectivity index (χ2v) is 6.53. The second-order valence-electron chi connectivity index (χ2n) is 6.53. The lowest BCUT2D eigenvalue weighted by Gasteiger charge is -2.35. The van der Waals surface area contributed by atoms with Crippen LogP contribution in [0.15, 0.2) is 29.1 Å². The molecule has 152 valence electrons. The summed E-state index contributed by atoms with van der Waals surface area (Å²) in [5.74, 6) is -0.578. The zero-order valence-electron chi connectivity index (χ0n) is 15.1. The molecule has 2 aromatic rings. The van der Waals surface area contributed by atoms with Gasteiger partial charge in [0.25, 0.3) is 5.56 Å². The van der Waals surface area contributed by atoms with Crippen LogP contribution in [0.3, 0.4) is 0 Å². The zero-order chi connectivity index (χ0) is 20.1. The van der Waals surface area contributed by atoms with Crippen molar-refractivity contribution in [3.8, 4) is 0 Å². The summed E-state index contributed by atoms with van der Waals surface area (Å²) in [6, 6.07) is 4.93. The molecule has 1 amide bonds. The molecule has 1 saturated heterocycles. The summed E-state index contributed by atoms with van der Waals surface area (Å²) in [5, 5.41) is 13.4. The van der Waals surface area contributed by atoms with E-state index in [1.807, 2.05) is 0 Å². The Morgan fingerprint density at radius 1 is 1.25 bits per heavy atom. The molecular weight excluding hydrogens is 377 g/mol. The van der Waals surface area contributed by atoms with Gasteiger partial charge in [0.15, 0.2) is 0 Å². The van der Waals surface area contributed by atoms with Crippen molar-refractivity contribution in [1.82, 2.24) is 30.5 Å². The van der Waals surface area contributed by atoms with Crippen LogP contribution in [0.25, 0.3) is 10.9 Å². The van der Waals surface area contributed by atoms with Crippen LogP contribution in [0.4, 0.5) is 13.2 Å². The van der Waals surface area contributed by atoms with Gasteiger partial charge in [-0.1, -0.05) is 17.3 Å². The first kappa shape index (κ1) is 20.2. The molecule has 1 atom stereocenters. The van der Waals surface area contributed by atoms with E-state index >= 15 is 0 Å². The number of carbonyl (C=O) groups is 1. The molecule has 1 aromatic heterocycles. The zero-order valence-corrected chi connectivity index (χ0v) is 15.1. The first-order valence-corrected chi connectivity index (χ1v) is 8.97. The lowest BCUT2D eigenvalue weighted by molar-refractivity contribution is -0.184. The van der Waals surface area contributed by atoms with Crippen molar-refractivity contribution in [3.05, 3.63) is 34.6 Å². The van der Waals surface area contributed by atoms with Crippen molar-refractivity contribution < 1.29 is 18.0 Å².